The van der Waals surface area contributed by atoms with Crippen LogP contribution in [0.25, 0.3) is 0 Å². The average molecular weight is 383 g/mol. The number of hydrogen-bond donors (Lipinski definition) is 1. The lowest BCUT2D eigenvalue weighted by molar-refractivity contribution is -0.125. The molecule has 2 aromatic rings. The molecule has 1 aliphatic rings. The molecule has 1 aromatic carbocycles. The van der Waals surface area contributed by atoms with Crippen molar-refractivity contribution in [3.8, 4) is 5.75 Å². The van der Waals surface area contributed by atoms with E-state index in [2.05, 4.69) is 27.1 Å². The molecule has 0 radical (unpaired) electrons. The zero-order chi connectivity index (χ0) is 19.8. The second-order valence-corrected chi connectivity index (χ2v) is 7.32. The van der Waals surface area contributed by atoms with Crippen LogP contribution in [0, 0.1) is 12.8 Å². The molecule has 28 heavy (non-hydrogen) atoms. The van der Waals surface area contributed by atoms with E-state index in [1.54, 1.807) is 6.20 Å². The summed E-state index contributed by atoms with van der Waals surface area (Å²) in [6.07, 6.45) is 5.63. The fraction of sp³-hybridized carbons (Fsp3) is 0.500. The first-order valence-corrected chi connectivity index (χ1v) is 10.2. The number of rotatable bonds is 8. The number of hydrogen-bond acceptors (Lipinski definition) is 5. The molecule has 2 heterocycles. The lowest BCUT2D eigenvalue weighted by Gasteiger charge is -2.31. The zero-order valence-corrected chi connectivity index (χ0v) is 16.9. The number of carbonyl (C=O) groups is 1. The predicted molar refractivity (Wildman–Crippen MR) is 110 cm³/mol. The first kappa shape index (κ1) is 20.1. The van der Waals surface area contributed by atoms with E-state index in [-0.39, 0.29) is 11.8 Å². The molecule has 1 fully saturated rings. The first-order chi connectivity index (χ1) is 13.7. The molecule has 0 unspecified atom stereocenters. The number of anilines is 1. The lowest BCUT2D eigenvalue weighted by Crippen LogP contribution is -2.41. The van der Waals surface area contributed by atoms with E-state index in [1.165, 1.54) is 0 Å². The second kappa shape index (κ2) is 10.1. The second-order valence-electron chi connectivity index (χ2n) is 7.32. The van der Waals surface area contributed by atoms with Crippen molar-refractivity contribution in [2.75, 3.05) is 24.6 Å². The van der Waals surface area contributed by atoms with Gasteiger partial charge in [-0.05, 0) is 49.9 Å². The minimum Gasteiger partial charge on any atom is -0.494 e. The number of amides is 1. The van der Waals surface area contributed by atoms with Crippen molar-refractivity contribution >= 4 is 11.9 Å². The van der Waals surface area contributed by atoms with Gasteiger partial charge in [-0.25, -0.2) is 9.97 Å². The lowest BCUT2D eigenvalue weighted by atomic mass is 9.96. The van der Waals surface area contributed by atoms with Gasteiger partial charge in [-0.15, -0.1) is 0 Å². The number of aromatic nitrogens is 2. The van der Waals surface area contributed by atoms with Crippen LogP contribution in [0.15, 0.2) is 36.5 Å². The number of benzene rings is 1. The molecule has 0 spiro atoms. The maximum absolute atomic E-state index is 12.5. The van der Waals surface area contributed by atoms with Crippen LogP contribution in [0.4, 0.5) is 5.95 Å². The quantitative estimate of drug-likeness (QED) is 0.708. The van der Waals surface area contributed by atoms with Gasteiger partial charge in [-0.2, -0.15) is 0 Å². The van der Waals surface area contributed by atoms with Gasteiger partial charge < -0.3 is 15.0 Å². The minimum atomic E-state index is 0.0534. The SMILES string of the molecule is CCCCOc1ccc(CNC(=O)C2CCN(c3nccc(C)n3)CC2)cc1. The molecule has 1 aromatic heterocycles. The van der Waals surface area contributed by atoms with Crippen molar-refractivity contribution in [2.24, 2.45) is 5.92 Å². The highest BCUT2D eigenvalue weighted by atomic mass is 16.5. The Hall–Kier alpha value is -2.63. The van der Waals surface area contributed by atoms with Crippen LogP contribution in [-0.4, -0.2) is 35.6 Å². The zero-order valence-electron chi connectivity index (χ0n) is 16.9. The fourth-order valence-corrected chi connectivity index (χ4v) is 3.30. The predicted octanol–water partition coefficient (Wildman–Crippen LogP) is 3.50. The number of nitrogens with one attached hydrogen (secondary N) is 1. The van der Waals surface area contributed by atoms with Crippen LogP contribution in [0.3, 0.4) is 0 Å². The van der Waals surface area contributed by atoms with Crippen LogP contribution < -0.4 is 15.0 Å². The molecule has 6 nitrogen and oxygen atoms in total. The van der Waals surface area contributed by atoms with Gasteiger partial charge in [0.1, 0.15) is 5.75 Å². The van der Waals surface area contributed by atoms with Gasteiger partial charge in [0.2, 0.25) is 11.9 Å². The van der Waals surface area contributed by atoms with E-state index in [4.69, 9.17) is 4.74 Å². The Balaban J connectivity index is 1.42. The Morgan fingerprint density at radius 3 is 2.64 bits per heavy atom. The van der Waals surface area contributed by atoms with Gasteiger partial charge in [0.25, 0.3) is 0 Å². The molecule has 0 saturated carbocycles. The fourth-order valence-electron chi connectivity index (χ4n) is 3.30. The van der Waals surface area contributed by atoms with Gasteiger partial charge in [0.15, 0.2) is 0 Å². The molecule has 1 aliphatic heterocycles. The molecular weight excluding hydrogens is 352 g/mol. The molecular formula is C22H30N4O2. The van der Waals surface area contributed by atoms with E-state index in [9.17, 15) is 4.79 Å². The van der Waals surface area contributed by atoms with Gasteiger partial charge in [-0.3, -0.25) is 4.79 Å². The number of carbonyl (C=O) groups excluding carboxylic acids is 1. The molecule has 0 aliphatic carbocycles. The summed E-state index contributed by atoms with van der Waals surface area (Å²) < 4.78 is 5.67. The molecule has 1 N–H and O–H groups in total. The van der Waals surface area contributed by atoms with Crippen molar-refractivity contribution in [1.82, 2.24) is 15.3 Å². The van der Waals surface area contributed by atoms with Crippen molar-refractivity contribution in [3.05, 3.63) is 47.8 Å². The topological polar surface area (TPSA) is 67.3 Å². The highest BCUT2D eigenvalue weighted by Gasteiger charge is 2.25. The van der Waals surface area contributed by atoms with Crippen LogP contribution in [0.5, 0.6) is 5.75 Å². The van der Waals surface area contributed by atoms with Crippen molar-refractivity contribution in [3.63, 3.8) is 0 Å². The van der Waals surface area contributed by atoms with Gasteiger partial charge in [-0.1, -0.05) is 25.5 Å². The van der Waals surface area contributed by atoms with Crippen molar-refractivity contribution in [2.45, 2.75) is 46.1 Å². The highest BCUT2D eigenvalue weighted by molar-refractivity contribution is 5.78. The Morgan fingerprint density at radius 1 is 1.21 bits per heavy atom. The molecule has 1 amide bonds. The van der Waals surface area contributed by atoms with E-state index in [0.29, 0.717) is 6.54 Å². The Bertz CT molecular complexity index is 755. The number of piperidine rings is 1. The molecule has 150 valence electrons. The number of aryl methyl sites for hydroxylation is 1. The Kier molecular flexibility index (Phi) is 7.23. The first-order valence-electron chi connectivity index (χ1n) is 10.2. The Labute approximate surface area is 167 Å². The monoisotopic (exact) mass is 382 g/mol. The summed E-state index contributed by atoms with van der Waals surface area (Å²) in [6, 6.07) is 9.86. The number of nitrogens with zero attached hydrogens (tertiary/aromatic N) is 3. The molecule has 0 bridgehead atoms. The third kappa shape index (κ3) is 5.68. The highest BCUT2D eigenvalue weighted by Crippen LogP contribution is 2.21. The van der Waals surface area contributed by atoms with Crippen molar-refractivity contribution in [1.29, 1.82) is 0 Å². The van der Waals surface area contributed by atoms with Gasteiger partial charge in [0.05, 0.1) is 6.61 Å². The summed E-state index contributed by atoms with van der Waals surface area (Å²) in [6.45, 7) is 7.04. The van der Waals surface area contributed by atoms with E-state index in [1.807, 2.05) is 37.3 Å². The molecule has 1 saturated heterocycles. The largest absolute Gasteiger partial charge is 0.494 e. The summed E-state index contributed by atoms with van der Waals surface area (Å²) in [4.78, 5) is 23.5. The average Bonchev–Trinajstić information content (AvgIpc) is 2.73. The van der Waals surface area contributed by atoms with Gasteiger partial charge in [0, 0.05) is 37.4 Å². The summed E-state index contributed by atoms with van der Waals surface area (Å²) in [5, 5.41) is 3.07. The summed E-state index contributed by atoms with van der Waals surface area (Å²) in [5.41, 5.74) is 2.05. The van der Waals surface area contributed by atoms with Crippen LogP contribution in [0.2, 0.25) is 0 Å². The molecule has 0 atom stereocenters. The third-order valence-corrected chi connectivity index (χ3v) is 5.09. The van der Waals surface area contributed by atoms with E-state index in [0.717, 1.165) is 68.3 Å². The third-order valence-electron chi connectivity index (χ3n) is 5.09. The molecule has 6 heteroatoms. The number of ether oxygens (including phenoxy) is 1. The molecule has 3 rings (SSSR count). The van der Waals surface area contributed by atoms with Gasteiger partial charge >= 0.3 is 0 Å². The Morgan fingerprint density at radius 2 is 1.96 bits per heavy atom. The summed E-state index contributed by atoms with van der Waals surface area (Å²) in [5.74, 6) is 1.83. The summed E-state index contributed by atoms with van der Waals surface area (Å²) >= 11 is 0. The standard InChI is InChI=1S/C22H30N4O2/c1-3-4-15-28-20-7-5-18(6-8-20)16-24-21(27)19-10-13-26(14-11-19)22-23-12-9-17(2)25-22/h5-9,12,19H,3-4,10-11,13-16H2,1-2H3,(H,24,27). The maximum atomic E-state index is 12.5. The number of unbranched alkanes of at least 4 members (excludes halogenated alkanes) is 1. The normalized spacial score (nSPS) is 14.7. The minimum absolute atomic E-state index is 0.0534. The van der Waals surface area contributed by atoms with E-state index >= 15 is 0 Å². The summed E-state index contributed by atoms with van der Waals surface area (Å²) in [7, 11) is 0. The smallest absolute Gasteiger partial charge is 0.225 e. The van der Waals surface area contributed by atoms with Crippen LogP contribution in [-0.2, 0) is 11.3 Å². The van der Waals surface area contributed by atoms with E-state index < -0.39 is 0 Å². The van der Waals surface area contributed by atoms with Crippen molar-refractivity contribution < 1.29 is 9.53 Å². The maximum Gasteiger partial charge on any atom is 0.225 e. The van der Waals surface area contributed by atoms with Crippen LogP contribution >= 0.6 is 0 Å². The van der Waals surface area contributed by atoms with Crippen LogP contribution in [0.1, 0.15) is 43.9 Å².